The standard InChI is InChI=1S/C13H18ClN3O/c1-2-9-4-3-5-10(6-9)16-13(18)11-7-15-8-12(14)17-11/h7-10H,2-6H2,1H3,(H,16,18). The Balaban J connectivity index is 1.95. The van der Waals surface area contributed by atoms with Gasteiger partial charge in [0.15, 0.2) is 0 Å². The van der Waals surface area contributed by atoms with E-state index in [9.17, 15) is 4.79 Å². The minimum absolute atomic E-state index is 0.174. The van der Waals surface area contributed by atoms with Crippen molar-refractivity contribution in [2.24, 2.45) is 5.92 Å². The van der Waals surface area contributed by atoms with Crippen molar-refractivity contribution in [3.8, 4) is 0 Å². The van der Waals surface area contributed by atoms with Gasteiger partial charge in [-0.15, -0.1) is 0 Å². The molecule has 1 aliphatic rings. The first-order valence-corrected chi connectivity index (χ1v) is 6.85. The highest BCUT2D eigenvalue weighted by molar-refractivity contribution is 6.29. The van der Waals surface area contributed by atoms with Crippen LogP contribution >= 0.6 is 11.6 Å². The maximum Gasteiger partial charge on any atom is 0.271 e. The van der Waals surface area contributed by atoms with Gasteiger partial charge in [-0.25, -0.2) is 4.98 Å². The molecule has 4 nitrogen and oxygen atoms in total. The fourth-order valence-corrected chi connectivity index (χ4v) is 2.65. The summed E-state index contributed by atoms with van der Waals surface area (Å²) in [5, 5.41) is 3.27. The number of aromatic nitrogens is 2. The summed E-state index contributed by atoms with van der Waals surface area (Å²) in [5.74, 6) is 0.557. The van der Waals surface area contributed by atoms with Crippen LogP contribution in [0.4, 0.5) is 0 Å². The number of hydrogen-bond acceptors (Lipinski definition) is 3. The zero-order valence-electron chi connectivity index (χ0n) is 10.5. The van der Waals surface area contributed by atoms with Crippen LogP contribution in [0.5, 0.6) is 0 Å². The Morgan fingerprint density at radius 1 is 1.50 bits per heavy atom. The van der Waals surface area contributed by atoms with Gasteiger partial charge in [-0.2, -0.15) is 0 Å². The van der Waals surface area contributed by atoms with Crippen LogP contribution in [-0.2, 0) is 0 Å². The molecule has 1 N–H and O–H groups in total. The second-order valence-electron chi connectivity index (χ2n) is 4.84. The Labute approximate surface area is 112 Å². The van der Waals surface area contributed by atoms with Crippen LogP contribution in [0.2, 0.25) is 5.15 Å². The molecule has 1 aromatic rings. The molecule has 98 valence electrons. The third-order valence-electron chi connectivity index (χ3n) is 3.53. The zero-order valence-corrected chi connectivity index (χ0v) is 11.3. The summed E-state index contributed by atoms with van der Waals surface area (Å²) in [5.41, 5.74) is 0.293. The molecule has 0 saturated heterocycles. The van der Waals surface area contributed by atoms with Crippen molar-refractivity contribution in [3.05, 3.63) is 23.2 Å². The summed E-state index contributed by atoms with van der Waals surface area (Å²) >= 11 is 5.72. The van der Waals surface area contributed by atoms with Crippen molar-refractivity contribution in [1.82, 2.24) is 15.3 Å². The molecule has 0 aliphatic heterocycles. The number of amides is 1. The van der Waals surface area contributed by atoms with E-state index < -0.39 is 0 Å². The average Bonchev–Trinajstić information content (AvgIpc) is 2.39. The molecular weight excluding hydrogens is 250 g/mol. The molecule has 2 rings (SSSR count). The number of nitrogens with one attached hydrogen (secondary N) is 1. The molecule has 1 fully saturated rings. The molecule has 2 atom stereocenters. The number of carbonyl (C=O) groups is 1. The second kappa shape index (κ2) is 6.14. The Hall–Kier alpha value is -1.16. The first-order chi connectivity index (χ1) is 8.69. The quantitative estimate of drug-likeness (QED) is 0.916. The molecule has 1 heterocycles. The number of rotatable bonds is 3. The van der Waals surface area contributed by atoms with Gasteiger partial charge >= 0.3 is 0 Å². The van der Waals surface area contributed by atoms with Gasteiger partial charge in [0.1, 0.15) is 10.8 Å². The minimum atomic E-state index is -0.174. The minimum Gasteiger partial charge on any atom is -0.348 e. The Morgan fingerprint density at radius 3 is 3.06 bits per heavy atom. The summed E-state index contributed by atoms with van der Waals surface area (Å²) in [6, 6.07) is 0.261. The number of nitrogens with zero attached hydrogens (tertiary/aromatic N) is 2. The van der Waals surface area contributed by atoms with E-state index >= 15 is 0 Å². The lowest BCUT2D eigenvalue weighted by Crippen LogP contribution is -2.38. The highest BCUT2D eigenvalue weighted by atomic mass is 35.5. The van der Waals surface area contributed by atoms with E-state index in [0.29, 0.717) is 5.69 Å². The van der Waals surface area contributed by atoms with E-state index in [1.165, 1.54) is 31.7 Å². The molecule has 0 aromatic carbocycles. The van der Waals surface area contributed by atoms with Crippen molar-refractivity contribution in [2.45, 2.75) is 45.1 Å². The van der Waals surface area contributed by atoms with Gasteiger partial charge in [-0.3, -0.25) is 9.78 Å². The molecule has 2 unspecified atom stereocenters. The van der Waals surface area contributed by atoms with Crippen LogP contribution in [0.25, 0.3) is 0 Å². The van der Waals surface area contributed by atoms with E-state index in [2.05, 4.69) is 22.2 Å². The maximum atomic E-state index is 12.0. The van der Waals surface area contributed by atoms with Crippen LogP contribution in [0, 0.1) is 5.92 Å². The molecule has 1 amide bonds. The van der Waals surface area contributed by atoms with Crippen molar-refractivity contribution in [2.75, 3.05) is 0 Å². The van der Waals surface area contributed by atoms with Crippen LogP contribution in [0.3, 0.4) is 0 Å². The highest BCUT2D eigenvalue weighted by Crippen LogP contribution is 2.26. The molecule has 0 radical (unpaired) electrons. The fourth-order valence-electron chi connectivity index (χ4n) is 2.50. The summed E-state index contributed by atoms with van der Waals surface area (Å²) in [6.45, 7) is 2.21. The van der Waals surface area contributed by atoms with Crippen LogP contribution < -0.4 is 5.32 Å². The number of carbonyl (C=O) groups excluding carboxylic acids is 1. The number of halogens is 1. The molecule has 5 heteroatoms. The van der Waals surface area contributed by atoms with Crippen molar-refractivity contribution < 1.29 is 4.79 Å². The molecule has 18 heavy (non-hydrogen) atoms. The van der Waals surface area contributed by atoms with Gasteiger partial charge in [0.05, 0.1) is 12.4 Å². The predicted molar refractivity (Wildman–Crippen MR) is 70.5 cm³/mol. The normalized spacial score (nSPS) is 23.7. The van der Waals surface area contributed by atoms with Gasteiger partial charge < -0.3 is 5.32 Å². The first kappa shape index (κ1) is 13.3. The van der Waals surface area contributed by atoms with Crippen molar-refractivity contribution in [3.63, 3.8) is 0 Å². The van der Waals surface area contributed by atoms with E-state index in [1.54, 1.807) is 0 Å². The Kier molecular flexibility index (Phi) is 4.53. The van der Waals surface area contributed by atoms with Crippen LogP contribution in [0.15, 0.2) is 12.4 Å². The van der Waals surface area contributed by atoms with Crippen LogP contribution in [-0.4, -0.2) is 21.9 Å². The molecule has 0 bridgehead atoms. The first-order valence-electron chi connectivity index (χ1n) is 6.47. The predicted octanol–water partition coefficient (Wildman–Crippen LogP) is 2.83. The Bertz CT molecular complexity index is 424. The summed E-state index contributed by atoms with van der Waals surface area (Å²) < 4.78 is 0. The summed E-state index contributed by atoms with van der Waals surface area (Å²) in [4.78, 5) is 19.8. The summed E-state index contributed by atoms with van der Waals surface area (Å²) in [6.07, 6.45) is 8.63. The average molecular weight is 268 g/mol. The van der Waals surface area contributed by atoms with Gasteiger partial charge in [0.25, 0.3) is 5.91 Å². The summed E-state index contributed by atoms with van der Waals surface area (Å²) in [7, 11) is 0. The van der Waals surface area contributed by atoms with Gasteiger partial charge in [-0.05, 0) is 18.8 Å². The third-order valence-corrected chi connectivity index (χ3v) is 3.72. The highest BCUT2D eigenvalue weighted by Gasteiger charge is 2.22. The van der Waals surface area contributed by atoms with E-state index in [4.69, 9.17) is 11.6 Å². The lowest BCUT2D eigenvalue weighted by molar-refractivity contribution is 0.0913. The van der Waals surface area contributed by atoms with Crippen molar-refractivity contribution >= 4 is 17.5 Å². The fraction of sp³-hybridized carbons (Fsp3) is 0.615. The lowest BCUT2D eigenvalue weighted by Gasteiger charge is -2.28. The van der Waals surface area contributed by atoms with E-state index in [-0.39, 0.29) is 17.1 Å². The smallest absolute Gasteiger partial charge is 0.271 e. The van der Waals surface area contributed by atoms with Crippen molar-refractivity contribution in [1.29, 1.82) is 0 Å². The Morgan fingerprint density at radius 2 is 2.33 bits per heavy atom. The maximum absolute atomic E-state index is 12.0. The molecule has 1 saturated carbocycles. The topological polar surface area (TPSA) is 54.9 Å². The monoisotopic (exact) mass is 267 g/mol. The largest absolute Gasteiger partial charge is 0.348 e. The third kappa shape index (κ3) is 3.42. The van der Waals surface area contributed by atoms with Crippen LogP contribution in [0.1, 0.15) is 49.5 Å². The molecular formula is C13H18ClN3O. The van der Waals surface area contributed by atoms with E-state index in [0.717, 1.165) is 18.8 Å². The zero-order chi connectivity index (χ0) is 13.0. The number of hydrogen-bond donors (Lipinski definition) is 1. The second-order valence-corrected chi connectivity index (χ2v) is 5.23. The van der Waals surface area contributed by atoms with Gasteiger partial charge in [0.2, 0.25) is 0 Å². The SMILES string of the molecule is CCC1CCCC(NC(=O)c2cncc(Cl)n2)C1. The molecule has 1 aromatic heterocycles. The molecule has 0 spiro atoms. The lowest BCUT2D eigenvalue weighted by atomic mass is 9.84. The van der Waals surface area contributed by atoms with Gasteiger partial charge in [-0.1, -0.05) is 37.8 Å². The van der Waals surface area contributed by atoms with Gasteiger partial charge in [0, 0.05) is 6.04 Å². The van der Waals surface area contributed by atoms with E-state index in [1.807, 2.05) is 0 Å². The molecule has 1 aliphatic carbocycles.